The van der Waals surface area contributed by atoms with Crippen molar-refractivity contribution in [3.05, 3.63) is 0 Å². The highest BCUT2D eigenvalue weighted by molar-refractivity contribution is 7.92. The Balaban J connectivity index is 1.36. The predicted octanol–water partition coefficient (Wildman–Crippen LogP) is 3.03. The van der Waals surface area contributed by atoms with Crippen molar-refractivity contribution in [2.45, 2.75) is 160 Å². The molecule has 1 saturated heterocycles. The fourth-order valence-corrected chi connectivity index (χ4v) is 9.96. The largest absolute Gasteiger partial charge is 0.349 e. The van der Waals surface area contributed by atoms with Gasteiger partial charge in [0, 0.05) is 12.6 Å². The van der Waals surface area contributed by atoms with E-state index < -0.39 is 66.8 Å². The van der Waals surface area contributed by atoms with Crippen LogP contribution in [0.4, 0.5) is 4.79 Å². The van der Waals surface area contributed by atoms with Crippen LogP contribution < -0.4 is 21.3 Å². The van der Waals surface area contributed by atoms with Crippen LogP contribution in [0, 0.1) is 22.7 Å². The quantitative estimate of drug-likeness (QED) is 0.177. The minimum Gasteiger partial charge on any atom is -0.349 e. The highest BCUT2D eigenvalue weighted by atomic mass is 32.2. The van der Waals surface area contributed by atoms with Crippen LogP contribution in [0.5, 0.6) is 0 Å². The summed E-state index contributed by atoms with van der Waals surface area (Å²) in [7, 11) is -3.56. The Bertz CT molecular complexity index is 1470. The zero-order valence-electron chi connectivity index (χ0n) is 31.0. The average molecular weight is 706 g/mol. The summed E-state index contributed by atoms with van der Waals surface area (Å²) in [6.07, 6.45) is 6.42. The molecule has 4 amide bonds. The molecule has 5 rings (SSSR count). The van der Waals surface area contributed by atoms with Crippen molar-refractivity contribution in [1.82, 2.24) is 26.2 Å². The van der Waals surface area contributed by atoms with Gasteiger partial charge in [-0.05, 0) is 75.5 Å². The summed E-state index contributed by atoms with van der Waals surface area (Å²) in [5.74, 6) is -1.99. The molecule has 5 aliphatic rings. The number of hydrogen-bond acceptors (Lipinski definition) is 8. The van der Waals surface area contributed by atoms with Crippen LogP contribution in [0.25, 0.3) is 0 Å². The second kappa shape index (κ2) is 12.6. The Kier molecular flexibility index (Phi) is 9.69. The molecular formula is C36H59N5O7S. The molecule has 0 aromatic heterocycles. The van der Waals surface area contributed by atoms with Crippen LogP contribution in [-0.2, 0) is 29.0 Å². The highest BCUT2D eigenvalue weighted by Crippen LogP contribution is 2.65. The number of carbonyl (C=O) groups excluding carboxylic acids is 5. The van der Waals surface area contributed by atoms with Gasteiger partial charge in [-0.3, -0.25) is 24.5 Å². The molecule has 4 saturated carbocycles. The topological polar surface area (TPSA) is 171 Å². The average Bonchev–Trinajstić information content (AvgIpc) is 3.91. The smallest absolute Gasteiger partial charge is 0.315 e. The number of Topliss-reactive ketones (excluding diaryl/α,β-unsaturated/α-hetero) is 2. The lowest BCUT2D eigenvalue weighted by atomic mass is 9.83. The molecule has 0 radical (unpaired) electrons. The van der Waals surface area contributed by atoms with Gasteiger partial charge >= 0.3 is 6.03 Å². The van der Waals surface area contributed by atoms with Gasteiger partial charge in [0.15, 0.2) is 15.4 Å². The fraction of sp³-hybridized carbons (Fsp3) is 0.861. The van der Waals surface area contributed by atoms with Crippen LogP contribution in [0.1, 0.15) is 120 Å². The molecule has 1 heterocycles. The first kappa shape index (κ1) is 37.7. The van der Waals surface area contributed by atoms with Gasteiger partial charge in [0.25, 0.3) is 0 Å². The lowest BCUT2D eigenvalue weighted by Gasteiger charge is -2.41. The van der Waals surface area contributed by atoms with Gasteiger partial charge in [-0.2, -0.15) is 0 Å². The van der Waals surface area contributed by atoms with Crippen molar-refractivity contribution in [2.24, 2.45) is 22.7 Å². The third kappa shape index (κ3) is 7.04. The minimum absolute atomic E-state index is 0.0778. The highest BCUT2D eigenvalue weighted by Gasteiger charge is 2.73. The van der Waals surface area contributed by atoms with Crippen LogP contribution in [0.2, 0.25) is 0 Å². The molecule has 0 aromatic rings. The van der Waals surface area contributed by atoms with Gasteiger partial charge in [0.2, 0.25) is 23.4 Å². The number of nitrogens with one attached hydrogen (secondary N) is 4. The monoisotopic (exact) mass is 705 g/mol. The summed E-state index contributed by atoms with van der Waals surface area (Å²) < 4.78 is 25.7. The van der Waals surface area contributed by atoms with E-state index in [9.17, 15) is 32.4 Å². The van der Waals surface area contributed by atoms with Gasteiger partial charge in [0.05, 0.1) is 22.1 Å². The third-order valence-electron chi connectivity index (χ3n) is 12.0. The predicted molar refractivity (Wildman–Crippen MR) is 186 cm³/mol. The van der Waals surface area contributed by atoms with Crippen molar-refractivity contribution in [3.8, 4) is 0 Å². The Morgan fingerprint density at radius 2 is 1.53 bits per heavy atom. The molecular weight excluding hydrogens is 646 g/mol. The number of ketones is 2. The van der Waals surface area contributed by atoms with Gasteiger partial charge in [-0.1, -0.05) is 67.2 Å². The molecule has 5 atom stereocenters. The summed E-state index contributed by atoms with van der Waals surface area (Å²) in [6.45, 7) is 17.0. The van der Waals surface area contributed by atoms with Crippen LogP contribution in [0.3, 0.4) is 0 Å². The molecule has 0 bridgehead atoms. The maximum absolute atomic E-state index is 14.5. The second-order valence-corrected chi connectivity index (χ2v) is 21.0. The number of amides is 4. The number of likely N-dealkylation sites (tertiary alicyclic amines) is 1. The van der Waals surface area contributed by atoms with E-state index in [4.69, 9.17) is 0 Å². The van der Waals surface area contributed by atoms with Crippen LogP contribution in [-0.4, -0.2) is 95.0 Å². The number of sulfone groups is 1. The molecule has 13 heteroatoms. The van der Waals surface area contributed by atoms with Crippen molar-refractivity contribution in [3.63, 3.8) is 0 Å². The van der Waals surface area contributed by atoms with E-state index in [2.05, 4.69) is 35.1 Å². The SMILES string of the molecule is CCC[C@@H](NC(=O)[C@@H]1[C@@H]2[C@H](CN1C(=O)[C@@H](NC(=O)NC1(CS(=O)(=O)C(C)(C)C)CCCCC1)C(C)(C)C)C2(C)C)C1(NC2CC2)C(=O)C1=O. The van der Waals surface area contributed by atoms with E-state index in [1.807, 2.05) is 27.7 Å². The second-order valence-electron chi connectivity index (χ2n) is 18.2. The van der Waals surface area contributed by atoms with Gasteiger partial charge in [0.1, 0.15) is 12.1 Å². The van der Waals surface area contributed by atoms with E-state index in [-0.39, 0.29) is 40.9 Å². The van der Waals surface area contributed by atoms with E-state index in [1.165, 1.54) is 0 Å². The summed E-state index contributed by atoms with van der Waals surface area (Å²) in [5, 5.41) is 12.2. The van der Waals surface area contributed by atoms with Gasteiger partial charge in [-0.25, -0.2) is 13.2 Å². The summed E-state index contributed by atoms with van der Waals surface area (Å²) >= 11 is 0. The standard InChI is InChI=1S/C36H59N5O7S/c1-10-14-23(36(27(42)28(36)43)39-21-15-16-21)37-29(44)25-24-22(34(24,8)9)19-41(25)30(45)26(32(2,3)4)38-31(46)40-35(17-12-11-13-18-35)20-49(47,48)33(5,6)7/h21-26,39H,10-20H2,1-9H3,(H,37,44)(H2,38,40,46)/t22-,23+,24-,25-,26+/m0/s1. The molecule has 0 aromatic carbocycles. The van der Waals surface area contributed by atoms with Crippen molar-refractivity contribution in [1.29, 1.82) is 0 Å². The molecule has 4 N–H and O–H groups in total. The maximum atomic E-state index is 14.5. The summed E-state index contributed by atoms with van der Waals surface area (Å²) in [4.78, 5) is 69.6. The molecule has 4 aliphatic carbocycles. The maximum Gasteiger partial charge on any atom is 0.315 e. The molecule has 49 heavy (non-hydrogen) atoms. The molecule has 5 fully saturated rings. The molecule has 276 valence electrons. The summed E-state index contributed by atoms with van der Waals surface area (Å²) in [6, 6.07) is -3.09. The Hall–Kier alpha value is -2.54. The van der Waals surface area contributed by atoms with Crippen molar-refractivity contribution in [2.75, 3.05) is 12.3 Å². The van der Waals surface area contributed by atoms with E-state index in [0.717, 1.165) is 32.1 Å². The summed E-state index contributed by atoms with van der Waals surface area (Å²) in [5.41, 5.74) is -3.27. The first-order chi connectivity index (χ1) is 22.5. The van der Waals surface area contributed by atoms with Gasteiger partial charge in [-0.15, -0.1) is 0 Å². The lowest BCUT2D eigenvalue weighted by Crippen LogP contribution is -2.64. The van der Waals surface area contributed by atoms with Crippen LogP contribution >= 0.6 is 0 Å². The normalized spacial score (nSPS) is 28.3. The Morgan fingerprint density at radius 1 is 0.939 bits per heavy atom. The number of piperidine rings is 1. The minimum atomic E-state index is -3.56. The van der Waals surface area contributed by atoms with Crippen molar-refractivity contribution >= 4 is 39.2 Å². The number of rotatable bonds is 12. The molecule has 1 aliphatic heterocycles. The van der Waals surface area contributed by atoms with E-state index in [0.29, 0.717) is 32.2 Å². The zero-order valence-corrected chi connectivity index (χ0v) is 31.8. The number of fused-ring (bicyclic) bond motifs is 1. The van der Waals surface area contributed by atoms with Gasteiger partial charge < -0.3 is 20.9 Å². The Labute approximate surface area is 292 Å². The first-order valence-corrected chi connectivity index (χ1v) is 20.0. The van der Waals surface area contributed by atoms with Crippen LogP contribution in [0.15, 0.2) is 0 Å². The third-order valence-corrected chi connectivity index (χ3v) is 14.8. The van der Waals surface area contributed by atoms with Crippen molar-refractivity contribution < 1.29 is 32.4 Å². The lowest BCUT2D eigenvalue weighted by molar-refractivity contribution is -0.144. The Morgan fingerprint density at radius 3 is 2.02 bits per heavy atom. The molecule has 12 nitrogen and oxygen atoms in total. The zero-order chi connectivity index (χ0) is 36.5. The molecule has 0 spiro atoms. The fourth-order valence-electron chi connectivity index (χ4n) is 8.44. The number of hydrogen-bond donors (Lipinski definition) is 4. The van der Waals surface area contributed by atoms with E-state index >= 15 is 0 Å². The number of carbonyl (C=O) groups is 5. The van der Waals surface area contributed by atoms with E-state index in [1.54, 1.807) is 25.7 Å². The molecule has 0 unspecified atom stereocenters. The number of nitrogens with zero attached hydrogens (tertiary/aromatic N) is 1. The number of urea groups is 1. The first-order valence-electron chi connectivity index (χ1n) is 18.3.